The van der Waals surface area contributed by atoms with Crippen LogP contribution in [0.25, 0.3) is 10.9 Å². The van der Waals surface area contributed by atoms with E-state index in [1.807, 2.05) is 5.32 Å². The number of hydrogen-bond acceptors (Lipinski definition) is 5. The molecule has 1 atom stereocenters. The van der Waals surface area contributed by atoms with Gasteiger partial charge in [-0.2, -0.15) is 4.98 Å². The summed E-state index contributed by atoms with van der Waals surface area (Å²) in [6.07, 6.45) is -0.934. The van der Waals surface area contributed by atoms with Crippen molar-refractivity contribution in [2.75, 3.05) is 18.0 Å². The maximum Gasteiger partial charge on any atom is 0.404 e. The summed E-state index contributed by atoms with van der Waals surface area (Å²) in [5, 5.41) is 10.0. The molecule has 2 N–H and O–H groups in total. The maximum atomic E-state index is 14.1. The molecule has 0 bridgehead atoms. The smallest absolute Gasteiger partial charge is 0.404 e. The molecule has 0 saturated carbocycles. The molecule has 2 aromatic heterocycles. The molecule has 12 heteroatoms. The van der Waals surface area contributed by atoms with Crippen molar-refractivity contribution in [3.8, 4) is 0 Å². The Morgan fingerprint density at radius 3 is 2.80 bits per heavy atom. The largest absolute Gasteiger partial charge is 0.465 e. The zero-order valence-corrected chi connectivity index (χ0v) is 13.8. The first kappa shape index (κ1) is 17.7. The number of amides is 1. The first-order valence-corrected chi connectivity index (χ1v) is 7.71. The fourth-order valence-electron chi connectivity index (χ4n) is 2.77. The lowest BCUT2D eigenvalue weighted by Gasteiger charge is -2.38. The third kappa shape index (κ3) is 3.64. The highest BCUT2D eigenvalue weighted by Crippen LogP contribution is 2.34. The Labute approximate surface area is 148 Å². The van der Waals surface area contributed by atoms with Crippen molar-refractivity contribution in [3.05, 3.63) is 22.5 Å². The number of aromatic nitrogens is 3. The van der Waals surface area contributed by atoms with Crippen LogP contribution >= 0.6 is 23.2 Å². The van der Waals surface area contributed by atoms with Gasteiger partial charge in [0, 0.05) is 19.2 Å². The van der Waals surface area contributed by atoms with E-state index in [0.717, 1.165) is 11.1 Å². The van der Waals surface area contributed by atoms with Crippen LogP contribution in [0.15, 0.2) is 6.20 Å². The lowest BCUT2D eigenvalue weighted by molar-refractivity contribution is -0.0208. The van der Waals surface area contributed by atoms with Crippen LogP contribution in [0, 0.1) is 5.82 Å². The van der Waals surface area contributed by atoms with E-state index in [2.05, 4.69) is 15.0 Å². The number of anilines is 1. The monoisotopic (exact) mass is 395 g/mol. The van der Waals surface area contributed by atoms with Crippen LogP contribution in [0.1, 0.15) is 6.42 Å². The van der Waals surface area contributed by atoms with Gasteiger partial charge in [-0.05, 0) is 11.6 Å². The normalized spacial score (nSPS) is 19.9. The van der Waals surface area contributed by atoms with Gasteiger partial charge in [-0.3, -0.25) is 0 Å². The van der Waals surface area contributed by atoms with E-state index in [1.54, 1.807) is 0 Å². The zero-order valence-electron chi connectivity index (χ0n) is 12.3. The fraction of sp³-hybridized carbons (Fsp3) is 0.385. The molecule has 1 unspecified atom stereocenters. The van der Waals surface area contributed by atoms with Gasteiger partial charge in [0.05, 0.1) is 18.0 Å². The first-order chi connectivity index (χ1) is 11.7. The van der Waals surface area contributed by atoms with E-state index in [9.17, 15) is 18.0 Å². The Bertz CT molecular complexity index is 854. The van der Waals surface area contributed by atoms with E-state index >= 15 is 0 Å². The molecule has 134 valence electrons. The molecule has 25 heavy (non-hydrogen) atoms. The first-order valence-electron chi connectivity index (χ1n) is 6.96. The highest BCUT2D eigenvalue weighted by molar-refractivity contribution is 6.30. The molecule has 1 saturated heterocycles. The molecular formula is C13H10Cl2F3N5O2. The van der Waals surface area contributed by atoms with E-state index in [-0.39, 0.29) is 28.5 Å². The number of carboxylic acid groups (broad SMARTS) is 1. The number of pyridine rings is 1. The molecule has 2 aromatic rings. The van der Waals surface area contributed by atoms with Crippen LogP contribution in [0.2, 0.25) is 10.4 Å². The second-order valence-electron chi connectivity index (χ2n) is 5.53. The summed E-state index contributed by atoms with van der Waals surface area (Å²) >= 11 is 11.4. The summed E-state index contributed by atoms with van der Waals surface area (Å²) in [4.78, 5) is 23.2. The van der Waals surface area contributed by atoms with Crippen LogP contribution in [0.4, 0.5) is 23.8 Å². The zero-order chi connectivity index (χ0) is 18.4. The van der Waals surface area contributed by atoms with Crippen molar-refractivity contribution in [1.82, 2.24) is 20.3 Å². The molecule has 0 radical (unpaired) electrons. The number of halogens is 5. The van der Waals surface area contributed by atoms with E-state index < -0.39 is 42.0 Å². The number of piperidine rings is 1. The minimum atomic E-state index is -3.19. The Kier molecular flexibility index (Phi) is 4.50. The van der Waals surface area contributed by atoms with Gasteiger partial charge in [-0.15, -0.1) is 0 Å². The standard InChI is InChI=1S/C13H10Cl2F3N5O2/c14-9-7(16)8-6(2-19-9)10(22-11(15)21-8)23-3-5(20-12(24)25)1-13(17,18)4-23/h2,5,20H,1,3-4H2,(H,24,25). The summed E-state index contributed by atoms with van der Waals surface area (Å²) in [5.41, 5.74) is -0.258. The van der Waals surface area contributed by atoms with Crippen LogP contribution in [0.5, 0.6) is 0 Å². The number of nitrogens with zero attached hydrogens (tertiary/aromatic N) is 4. The Balaban J connectivity index is 2.08. The van der Waals surface area contributed by atoms with Crippen molar-refractivity contribution >= 4 is 46.0 Å². The highest BCUT2D eigenvalue weighted by Gasteiger charge is 2.42. The number of nitrogens with one attached hydrogen (secondary N) is 1. The van der Waals surface area contributed by atoms with Crippen molar-refractivity contribution in [2.45, 2.75) is 18.4 Å². The molecule has 1 amide bonds. The van der Waals surface area contributed by atoms with Gasteiger partial charge in [0.2, 0.25) is 5.28 Å². The van der Waals surface area contributed by atoms with Crippen molar-refractivity contribution in [3.63, 3.8) is 0 Å². The minimum absolute atomic E-state index is 0.0399. The molecule has 0 aliphatic carbocycles. The molecule has 0 spiro atoms. The van der Waals surface area contributed by atoms with E-state index in [4.69, 9.17) is 28.3 Å². The van der Waals surface area contributed by atoms with E-state index in [0.29, 0.717) is 0 Å². The predicted molar refractivity (Wildman–Crippen MR) is 84.0 cm³/mol. The van der Waals surface area contributed by atoms with Crippen LogP contribution in [-0.4, -0.2) is 51.2 Å². The van der Waals surface area contributed by atoms with Gasteiger partial charge in [0.25, 0.3) is 5.92 Å². The van der Waals surface area contributed by atoms with Gasteiger partial charge < -0.3 is 15.3 Å². The molecule has 7 nitrogen and oxygen atoms in total. The lowest BCUT2D eigenvalue weighted by atomic mass is 10.0. The second kappa shape index (κ2) is 6.34. The Morgan fingerprint density at radius 2 is 2.12 bits per heavy atom. The van der Waals surface area contributed by atoms with Crippen molar-refractivity contribution < 1.29 is 23.1 Å². The van der Waals surface area contributed by atoms with Gasteiger partial charge in [-0.1, -0.05) is 11.6 Å². The summed E-state index contributed by atoms with van der Waals surface area (Å²) in [5.74, 6) is -4.21. The summed E-state index contributed by atoms with van der Waals surface area (Å²) in [7, 11) is 0. The Morgan fingerprint density at radius 1 is 1.40 bits per heavy atom. The molecule has 1 aliphatic rings. The van der Waals surface area contributed by atoms with Crippen LogP contribution in [0.3, 0.4) is 0 Å². The third-order valence-corrected chi connectivity index (χ3v) is 4.06. The number of rotatable bonds is 2. The van der Waals surface area contributed by atoms with Gasteiger partial charge in [0.1, 0.15) is 11.3 Å². The molecule has 3 heterocycles. The highest BCUT2D eigenvalue weighted by atomic mass is 35.5. The van der Waals surface area contributed by atoms with Crippen LogP contribution in [-0.2, 0) is 0 Å². The fourth-order valence-corrected chi connectivity index (χ4v) is 3.07. The summed E-state index contributed by atoms with van der Waals surface area (Å²) in [6.45, 7) is -0.841. The average Bonchev–Trinajstić information content (AvgIpc) is 2.48. The lowest BCUT2D eigenvalue weighted by Crippen LogP contribution is -2.55. The molecule has 1 fully saturated rings. The summed E-state index contributed by atoms with van der Waals surface area (Å²) < 4.78 is 42.2. The van der Waals surface area contributed by atoms with Crippen molar-refractivity contribution in [1.29, 1.82) is 0 Å². The van der Waals surface area contributed by atoms with Gasteiger partial charge in [0.15, 0.2) is 11.0 Å². The number of fused-ring (bicyclic) bond motifs is 1. The number of carbonyl (C=O) groups is 1. The minimum Gasteiger partial charge on any atom is -0.465 e. The SMILES string of the molecule is O=C(O)NC1CN(c2nc(Cl)nc3c(F)c(Cl)ncc23)CC(F)(F)C1. The quantitative estimate of drug-likeness (QED) is 0.599. The van der Waals surface area contributed by atoms with Gasteiger partial charge >= 0.3 is 6.09 Å². The maximum absolute atomic E-state index is 14.1. The van der Waals surface area contributed by atoms with Crippen LogP contribution < -0.4 is 10.2 Å². The number of alkyl halides is 2. The Hall–Kier alpha value is -2.07. The topological polar surface area (TPSA) is 91.2 Å². The second-order valence-corrected chi connectivity index (χ2v) is 6.22. The molecule has 1 aliphatic heterocycles. The van der Waals surface area contributed by atoms with Crippen molar-refractivity contribution in [2.24, 2.45) is 0 Å². The molecular weight excluding hydrogens is 386 g/mol. The molecule has 0 aromatic carbocycles. The third-order valence-electron chi connectivity index (χ3n) is 3.63. The average molecular weight is 396 g/mol. The predicted octanol–water partition coefficient (Wildman–Crippen LogP) is 2.95. The van der Waals surface area contributed by atoms with E-state index in [1.165, 1.54) is 0 Å². The van der Waals surface area contributed by atoms with Gasteiger partial charge in [-0.25, -0.2) is 27.9 Å². The summed E-state index contributed by atoms with van der Waals surface area (Å²) in [6, 6.07) is -1.05. The number of hydrogen-bond donors (Lipinski definition) is 2. The molecule has 3 rings (SSSR count).